The Morgan fingerprint density at radius 2 is 1.74 bits per heavy atom. The SMILES string of the molecule is COc1cc(SC2C(C)=C2C)c(N)c2ccccc12. The third kappa shape index (κ3) is 1.98. The van der Waals surface area contributed by atoms with E-state index in [-0.39, 0.29) is 0 Å². The minimum atomic E-state index is 0.521. The van der Waals surface area contributed by atoms with Gasteiger partial charge in [-0.15, -0.1) is 11.8 Å². The van der Waals surface area contributed by atoms with Crippen molar-refractivity contribution in [1.29, 1.82) is 0 Å². The fraction of sp³-hybridized carbons (Fsp3) is 0.250. The number of anilines is 1. The Bertz CT molecular complexity index is 678. The number of methoxy groups -OCH3 is 1. The highest BCUT2D eigenvalue weighted by molar-refractivity contribution is 8.00. The zero-order valence-corrected chi connectivity index (χ0v) is 12.2. The van der Waals surface area contributed by atoms with E-state index in [1.807, 2.05) is 30.0 Å². The summed E-state index contributed by atoms with van der Waals surface area (Å²) in [6.45, 7) is 4.36. The minimum Gasteiger partial charge on any atom is -0.496 e. The van der Waals surface area contributed by atoms with E-state index >= 15 is 0 Å². The van der Waals surface area contributed by atoms with Crippen LogP contribution in [0.4, 0.5) is 5.69 Å². The van der Waals surface area contributed by atoms with Crippen molar-refractivity contribution in [2.24, 2.45) is 0 Å². The number of benzene rings is 2. The molecule has 0 radical (unpaired) electrons. The lowest BCUT2D eigenvalue weighted by Gasteiger charge is -2.13. The number of ether oxygens (including phenoxy) is 1. The molecule has 1 aliphatic carbocycles. The quantitative estimate of drug-likeness (QED) is 0.670. The molecule has 2 aromatic carbocycles. The zero-order valence-electron chi connectivity index (χ0n) is 11.4. The van der Waals surface area contributed by atoms with Crippen molar-refractivity contribution in [3.8, 4) is 5.75 Å². The van der Waals surface area contributed by atoms with Crippen LogP contribution in [0.15, 0.2) is 46.4 Å². The maximum absolute atomic E-state index is 6.31. The molecule has 0 unspecified atom stereocenters. The summed E-state index contributed by atoms with van der Waals surface area (Å²) in [6.07, 6.45) is 0. The van der Waals surface area contributed by atoms with Gasteiger partial charge >= 0.3 is 0 Å². The molecule has 0 bridgehead atoms. The number of nitrogens with two attached hydrogens (primary N) is 1. The van der Waals surface area contributed by atoms with Crippen LogP contribution < -0.4 is 10.5 Å². The monoisotopic (exact) mass is 271 g/mol. The molecule has 0 amide bonds. The van der Waals surface area contributed by atoms with Crippen LogP contribution in [-0.4, -0.2) is 12.4 Å². The van der Waals surface area contributed by atoms with Crippen molar-refractivity contribution in [2.75, 3.05) is 12.8 Å². The first-order valence-electron chi connectivity index (χ1n) is 6.32. The molecule has 2 N–H and O–H groups in total. The van der Waals surface area contributed by atoms with E-state index in [1.165, 1.54) is 11.1 Å². The number of hydrogen-bond donors (Lipinski definition) is 1. The third-order valence-corrected chi connectivity index (χ3v) is 5.33. The normalized spacial score (nSPS) is 15.1. The van der Waals surface area contributed by atoms with Crippen molar-refractivity contribution in [3.63, 3.8) is 0 Å². The fourth-order valence-electron chi connectivity index (χ4n) is 2.35. The molecule has 0 spiro atoms. The molecule has 2 nitrogen and oxygen atoms in total. The Hall–Kier alpha value is -1.61. The van der Waals surface area contributed by atoms with E-state index < -0.39 is 0 Å². The first kappa shape index (κ1) is 12.4. The van der Waals surface area contributed by atoms with Crippen LogP contribution in [-0.2, 0) is 0 Å². The molecule has 0 saturated heterocycles. The van der Waals surface area contributed by atoms with Gasteiger partial charge in [-0.3, -0.25) is 0 Å². The van der Waals surface area contributed by atoms with Gasteiger partial charge in [-0.2, -0.15) is 0 Å². The van der Waals surface area contributed by atoms with Crippen LogP contribution in [0.25, 0.3) is 10.8 Å². The van der Waals surface area contributed by atoms with Crippen molar-refractivity contribution < 1.29 is 4.74 Å². The maximum atomic E-state index is 6.31. The van der Waals surface area contributed by atoms with Crippen LogP contribution >= 0.6 is 11.8 Å². The first-order valence-corrected chi connectivity index (χ1v) is 7.20. The smallest absolute Gasteiger partial charge is 0.127 e. The van der Waals surface area contributed by atoms with Gasteiger partial charge in [0.1, 0.15) is 5.75 Å². The molecule has 3 heteroatoms. The lowest BCUT2D eigenvalue weighted by molar-refractivity contribution is 0.419. The van der Waals surface area contributed by atoms with Gasteiger partial charge in [-0.05, 0) is 19.9 Å². The van der Waals surface area contributed by atoms with Crippen molar-refractivity contribution in [1.82, 2.24) is 0 Å². The summed E-state index contributed by atoms with van der Waals surface area (Å²) in [4.78, 5) is 1.11. The number of fused-ring (bicyclic) bond motifs is 1. The second kappa shape index (κ2) is 4.49. The standard InChI is InChI=1S/C16H17NOS/c1-9-10(2)16(9)19-14-8-13(18-3)11-6-4-5-7-12(11)15(14)17/h4-8,16H,17H2,1-3H3. The molecular formula is C16H17NOS. The summed E-state index contributed by atoms with van der Waals surface area (Å²) in [5.41, 5.74) is 10.1. The molecule has 0 aliphatic heterocycles. The minimum absolute atomic E-state index is 0.521. The summed E-state index contributed by atoms with van der Waals surface area (Å²) in [5, 5.41) is 2.66. The van der Waals surface area contributed by atoms with Gasteiger partial charge < -0.3 is 10.5 Å². The zero-order chi connectivity index (χ0) is 13.6. The molecule has 0 saturated carbocycles. The van der Waals surface area contributed by atoms with E-state index in [4.69, 9.17) is 10.5 Å². The predicted molar refractivity (Wildman–Crippen MR) is 82.9 cm³/mol. The van der Waals surface area contributed by atoms with Crippen LogP contribution in [0.2, 0.25) is 0 Å². The Morgan fingerprint density at radius 1 is 1.11 bits per heavy atom. The molecule has 3 rings (SSSR count). The van der Waals surface area contributed by atoms with Gasteiger partial charge in [0.05, 0.1) is 18.0 Å². The number of hydrogen-bond acceptors (Lipinski definition) is 3. The van der Waals surface area contributed by atoms with Crippen LogP contribution in [0.1, 0.15) is 13.8 Å². The molecule has 2 aromatic rings. The average molecular weight is 271 g/mol. The predicted octanol–water partition coefficient (Wildman–Crippen LogP) is 4.24. The Balaban J connectivity index is 2.07. The number of nitrogen functional groups attached to an aromatic ring is 1. The highest BCUT2D eigenvalue weighted by Gasteiger charge is 2.30. The van der Waals surface area contributed by atoms with Crippen molar-refractivity contribution >= 4 is 28.2 Å². The maximum Gasteiger partial charge on any atom is 0.127 e. The van der Waals surface area contributed by atoms with E-state index in [0.717, 1.165) is 27.1 Å². The Morgan fingerprint density at radius 3 is 2.32 bits per heavy atom. The first-order chi connectivity index (χ1) is 9.13. The molecule has 0 heterocycles. The molecule has 0 aromatic heterocycles. The van der Waals surface area contributed by atoms with Gasteiger partial charge in [-0.1, -0.05) is 35.4 Å². The van der Waals surface area contributed by atoms with E-state index in [2.05, 4.69) is 26.0 Å². The second-order valence-electron chi connectivity index (χ2n) is 4.90. The Kier molecular flexibility index (Phi) is 2.94. The van der Waals surface area contributed by atoms with Gasteiger partial charge in [0.15, 0.2) is 0 Å². The van der Waals surface area contributed by atoms with Crippen molar-refractivity contribution in [2.45, 2.75) is 24.0 Å². The van der Waals surface area contributed by atoms with E-state index in [0.29, 0.717) is 5.25 Å². The summed E-state index contributed by atoms with van der Waals surface area (Å²) < 4.78 is 5.50. The summed E-state index contributed by atoms with van der Waals surface area (Å²) in [6, 6.07) is 10.2. The largest absolute Gasteiger partial charge is 0.496 e. The van der Waals surface area contributed by atoms with Gasteiger partial charge in [0.2, 0.25) is 0 Å². The summed E-state index contributed by atoms with van der Waals surface area (Å²) >= 11 is 1.82. The van der Waals surface area contributed by atoms with Crippen molar-refractivity contribution in [3.05, 3.63) is 41.5 Å². The molecule has 0 fully saturated rings. The highest BCUT2D eigenvalue weighted by Crippen LogP contribution is 2.48. The van der Waals surface area contributed by atoms with Crippen LogP contribution in [0.3, 0.4) is 0 Å². The average Bonchev–Trinajstić information content (AvgIpc) is 3.00. The third-order valence-electron chi connectivity index (χ3n) is 3.80. The van der Waals surface area contributed by atoms with Crippen LogP contribution in [0, 0.1) is 0 Å². The fourth-order valence-corrected chi connectivity index (χ4v) is 3.67. The second-order valence-corrected chi connectivity index (χ2v) is 6.05. The van der Waals surface area contributed by atoms with Crippen LogP contribution in [0.5, 0.6) is 5.75 Å². The molecule has 19 heavy (non-hydrogen) atoms. The van der Waals surface area contributed by atoms with E-state index in [1.54, 1.807) is 7.11 Å². The molecule has 0 atom stereocenters. The summed E-state index contributed by atoms with van der Waals surface area (Å²) in [5.74, 6) is 0.892. The summed E-state index contributed by atoms with van der Waals surface area (Å²) in [7, 11) is 1.71. The van der Waals surface area contributed by atoms with Gasteiger partial charge in [-0.25, -0.2) is 0 Å². The molecule has 1 aliphatic rings. The molecule has 98 valence electrons. The number of thioether (sulfide) groups is 1. The Labute approximate surface area is 117 Å². The van der Waals surface area contributed by atoms with Gasteiger partial charge in [0.25, 0.3) is 0 Å². The lowest BCUT2D eigenvalue weighted by Crippen LogP contribution is -1.95. The number of rotatable bonds is 3. The lowest BCUT2D eigenvalue weighted by atomic mass is 10.1. The van der Waals surface area contributed by atoms with E-state index in [9.17, 15) is 0 Å². The van der Waals surface area contributed by atoms with Gasteiger partial charge in [0, 0.05) is 15.7 Å². The molecular weight excluding hydrogens is 254 g/mol. The highest BCUT2D eigenvalue weighted by atomic mass is 32.2. The topological polar surface area (TPSA) is 35.2 Å².